The second-order valence-corrected chi connectivity index (χ2v) is 8.30. The number of fused-ring (bicyclic) bond motifs is 3. The zero-order valence-electron chi connectivity index (χ0n) is 19.9. The standard InChI is InChI=1S/C26H28N4O5/c1-3-4-7-16-34-19-12-10-18(11-13-19)22(31)14-15-24(32)35-17-23-27-28-26-29(2)25(33)20-8-5-6-9-21(20)30(23)26/h5-6,8-13H,3-4,7,14-17H2,1-2H3. The van der Waals surface area contributed by atoms with Gasteiger partial charge in [0.15, 0.2) is 18.2 Å². The molecule has 182 valence electrons. The van der Waals surface area contributed by atoms with Gasteiger partial charge in [0.1, 0.15) is 5.75 Å². The zero-order chi connectivity index (χ0) is 24.8. The Morgan fingerprint density at radius 2 is 1.74 bits per heavy atom. The molecule has 9 nitrogen and oxygen atoms in total. The molecule has 0 aliphatic carbocycles. The Hall–Kier alpha value is -4.01. The number of ether oxygens (including phenoxy) is 2. The summed E-state index contributed by atoms with van der Waals surface area (Å²) in [6.45, 7) is 2.67. The Kier molecular flexibility index (Phi) is 7.54. The smallest absolute Gasteiger partial charge is 0.306 e. The normalized spacial score (nSPS) is 11.1. The molecule has 0 bridgehead atoms. The van der Waals surface area contributed by atoms with Crippen LogP contribution in [-0.4, -0.2) is 37.5 Å². The summed E-state index contributed by atoms with van der Waals surface area (Å²) >= 11 is 0. The van der Waals surface area contributed by atoms with E-state index in [-0.39, 0.29) is 30.8 Å². The molecule has 35 heavy (non-hydrogen) atoms. The van der Waals surface area contributed by atoms with E-state index in [1.807, 2.05) is 6.07 Å². The van der Waals surface area contributed by atoms with Gasteiger partial charge in [0.2, 0.25) is 5.78 Å². The summed E-state index contributed by atoms with van der Waals surface area (Å²) in [6, 6.07) is 14.1. The molecule has 0 aliphatic heterocycles. The molecule has 0 unspecified atom stereocenters. The molecule has 2 aromatic heterocycles. The minimum Gasteiger partial charge on any atom is -0.494 e. The Bertz CT molecular complexity index is 1410. The summed E-state index contributed by atoms with van der Waals surface area (Å²) in [4.78, 5) is 37.3. The lowest BCUT2D eigenvalue weighted by atomic mass is 10.1. The van der Waals surface area contributed by atoms with E-state index >= 15 is 0 Å². The minimum atomic E-state index is -0.514. The molecule has 2 heterocycles. The number of carbonyl (C=O) groups is 2. The molecular weight excluding hydrogens is 448 g/mol. The van der Waals surface area contributed by atoms with Crippen LogP contribution in [0.25, 0.3) is 16.7 Å². The average Bonchev–Trinajstić information content (AvgIpc) is 3.32. The highest BCUT2D eigenvalue weighted by Gasteiger charge is 2.16. The summed E-state index contributed by atoms with van der Waals surface area (Å²) in [7, 11) is 1.62. The number of Topliss-reactive ketones (excluding diaryl/α,β-unsaturated/α-hetero) is 1. The number of nitrogens with zero attached hydrogens (tertiary/aromatic N) is 4. The Morgan fingerprint density at radius 1 is 0.971 bits per heavy atom. The molecular formula is C26H28N4O5. The fourth-order valence-electron chi connectivity index (χ4n) is 3.84. The molecule has 4 aromatic rings. The third kappa shape index (κ3) is 5.40. The number of ketones is 1. The van der Waals surface area contributed by atoms with Crippen molar-refractivity contribution in [1.29, 1.82) is 0 Å². The third-order valence-corrected chi connectivity index (χ3v) is 5.80. The molecule has 2 aromatic carbocycles. The average molecular weight is 477 g/mol. The van der Waals surface area contributed by atoms with Crippen LogP contribution in [0.4, 0.5) is 0 Å². The number of aryl methyl sites for hydroxylation is 1. The summed E-state index contributed by atoms with van der Waals surface area (Å²) in [6.07, 6.45) is 3.23. The monoisotopic (exact) mass is 476 g/mol. The van der Waals surface area contributed by atoms with Crippen LogP contribution in [0.1, 0.15) is 55.2 Å². The summed E-state index contributed by atoms with van der Waals surface area (Å²) in [5.74, 6) is 0.810. The van der Waals surface area contributed by atoms with Crippen molar-refractivity contribution in [3.8, 4) is 5.75 Å². The lowest BCUT2D eigenvalue weighted by Crippen LogP contribution is -2.20. The molecule has 0 N–H and O–H groups in total. The lowest BCUT2D eigenvalue weighted by molar-refractivity contribution is -0.145. The SMILES string of the molecule is CCCCCOc1ccc(C(=O)CCC(=O)OCc2nnc3n(C)c(=O)c4ccccc4n23)cc1. The van der Waals surface area contributed by atoms with E-state index in [1.54, 1.807) is 53.9 Å². The van der Waals surface area contributed by atoms with Crippen LogP contribution in [0, 0.1) is 0 Å². The third-order valence-electron chi connectivity index (χ3n) is 5.80. The molecule has 0 fully saturated rings. The number of benzene rings is 2. The van der Waals surface area contributed by atoms with E-state index in [0.29, 0.717) is 34.7 Å². The van der Waals surface area contributed by atoms with Crippen molar-refractivity contribution in [2.75, 3.05) is 6.61 Å². The maximum atomic E-state index is 12.5. The van der Waals surface area contributed by atoms with Crippen LogP contribution in [0.15, 0.2) is 53.3 Å². The van der Waals surface area contributed by atoms with Crippen molar-refractivity contribution in [2.45, 2.75) is 45.6 Å². The van der Waals surface area contributed by atoms with Crippen molar-refractivity contribution >= 4 is 28.4 Å². The first-order valence-electron chi connectivity index (χ1n) is 11.7. The van der Waals surface area contributed by atoms with Gasteiger partial charge in [0.25, 0.3) is 5.56 Å². The van der Waals surface area contributed by atoms with Crippen LogP contribution in [0.3, 0.4) is 0 Å². The van der Waals surface area contributed by atoms with Gasteiger partial charge in [0.05, 0.1) is 23.9 Å². The second-order valence-electron chi connectivity index (χ2n) is 8.30. The maximum Gasteiger partial charge on any atom is 0.306 e. The molecule has 0 radical (unpaired) electrons. The fraction of sp³-hybridized carbons (Fsp3) is 0.346. The van der Waals surface area contributed by atoms with Crippen molar-refractivity contribution in [2.24, 2.45) is 7.05 Å². The first-order valence-corrected chi connectivity index (χ1v) is 11.7. The zero-order valence-corrected chi connectivity index (χ0v) is 19.9. The first-order chi connectivity index (χ1) is 17.0. The summed E-state index contributed by atoms with van der Waals surface area (Å²) in [5, 5.41) is 8.69. The highest BCUT2D eigenvalue weighted by Crippen LogP contribution is 2.16. The molecule has 9 heteroatoms. The quantitative estimate of drug-likeness (QED) is 0.184. The number of hydrogen-bond acceptors (Lipinski definition) is 7. The molecule has 0 aliphatic rings. The van der Waals surface area contributed by atoms with Crippen molar-refractivity contribution in [1.82, 2.24) is 19.2 Å². The van der Waals surface area contributed by atoms with E-state index in [2.05, 4.69) is 17.1 Å². The Balaban J connectivity index is 1.34. The van der Waals surface area contributed by atoms with Gasteiger partial charge in [-0.05, 0) is 42.8 Å². The Labute approximate surface area is 202 Å². The van der Waals surface area contributed by atoms with Crippen LogP contribution < -0.4 is 10.3 Å². The van der Waals surface area contributed by atoms with Gasteiger partial charge in [-0.1, -0.05) is 31.9 Å². The van der Waals surface area contributed by atoms with Gasteiger partial charge in [-0.3, -0.25) is 23.4 Å². The van der Waals surface area contributed by atoms with Gasteiger partial charge in [-0.2, -0.15) is 0 Å². The van der Waals surface area contributed by atoms with Crippen LogP contribution >= 0.6 is 0 Å². The fourth-order valence-corrected chi connectivity index (χ4v) is 3.84. The van der Waals surface area contributed by atoms with Crippen molar-refractivity contribution in [3.05, 3.63) is 70.3 Å². The molecule has 0 saturated carbocycles. The highest BCUT2D eigenvalue weighted by molar-refractivity contribution is 5.97. The van der Waals surface area contributed by atoms with Crippen LogP contribution in [0.5, 0.6) is 5.75 Å². The molecule has 0 saturated heterocycles. The topological polar surface area (TPSA) is 105 Å². The number of carbonyl (C=O) groups excluding carboxylic acids is 2. The first kappa shape index (κ1) is 24.1. The van der Waals surface area contributed by atoms with Gasteiger partial charge < -0.3 is 9.47 Å². The highest BCUT2D eigenvalue weighted by atomic mass is 16.5. The van der Waals surface area contributed by atoms with E-state index in [0.717, 1.165) is 25.0 Å². The predicted octanol–water partition coefficient (Wildman–Crippen LogP) is 3.86. The van der Waals surface area contributed by atoms with Gasteiger partial charge >= 0.3 is 5.97 Å². The number of para-hydroxylation sites is 1. The van der Waals surface area contributed by atoms with E-state index < -0.39 is 5.97 Å². The lowest BCUT2D eigenvalue weighted by Gasteiger charge is -2.08. The summed E-state index contributed by atoms with van der Waals surface area (Å²) < 4.78 is 14.1. The van der Waals surface area contributed by atoms with E-state index in [1.165, 1.54) is 4.57 Å². The van der Waals surface area contributed by atoms with Gasteiger partial charge in [-0.25, -0.2) is 0 Å². The number of esters is 1. The molecule has 0 atom stereocenters. The van der Waals surface area contributed by atoms with Crippen molar-refractivity contribution in [3.63, 3.8) is 0 Å². The van der Waals surface area contributed by atoms with E-state index in [9.17, 15) is 14.4 Å². The number of hydrogen-bond donors (Lipinski definition) is 0. The summed E-state index contributed by atoms with van der Waals surface area (Å²) in [5.41, 5.74) is 0.975. The maximum absolute atomic E-state index is 12.5. The molecule has 4 rings (SSSR count). The van der Waals surface area contributed by atoms with Gasteiger partial charge in [0, 0.05) is 19.0 Å². The number of rotatable bonds is 11. The van der Waals surface area contributed by atoms with Gasteiger partial charge in [-0.15, -0.1) is 10.2 Å². The number of unbranched alkanes of at least 4 members (excludes halogenated alkanes) is 2. The minimum absolute atomic E-state index is 0.0353. The Morgan fingerprint density at radius 3 is 2.51 bits per heavy atom. The van der Waals surface area contributed by atoms with Crippen LogP contribution in [-0.2, 0) is 23.2 Å². The molecule has 0 spiro atoms. The molecule has 0 amide bonds. The van der Waals surface area contributed by atoms with Crippen molar-refractivity contribution < 1.29 is 19.1 Å². The number of aromatic nitrogens is 4. The van der Waals surface area contributed by atoms with Crippen LogP contribution in [0.2, 0.25) is 0 Å². The predicted molar refractivity (Wildman–Crippen MR) is 131 cm³/mol. The largest absolute Gasteiger partial charge is 0.494 e. The second kappa shape index (κ2) is 10.9. The van der Waals surface area contributed by atoms with E-state index in [4.69, 9.17) is 9.47 Å².